The van der Waals surface area contributed by atoms with Gasteiger partial charge in [0.15, 0.2) is 0 Å². The van der Waals surface area contributed by atoms with Gasteiger partial charge in [0, 0.05) is 6.42 Å². The first-order valence-corrected chi connectivity index (χ1v) is 4.07. The summed E-state index contributed by atoms with van der Waals surface area (Å²) >= 11 is 0. The Labute approximate surface area is 81.0 Å². The lowest BCUT2D eigenvalue weighted by molar-refractivity contribution is -0.147. The Kier molecular flexibility index (Phi) is 5.47. The third-order valence-corrected chi connectivity index (χ3v) is 1.40. The van der Waals surface area contributed by atoms with Gasteiger partial charge in [-0.2, -0.15) is 0 Å². The Morgan fingerprint density at radius 1 is 1.43 bits per heavy atom. The van der Waals surface area contributed by atoms with E-state index in [1.807, 2.05) is 0 Å². The van der Waals surface area contributed by atoms with E-state index in [2.05, 4.69) is 4.74 Å². The fourth-order valence-electron chi connectivity index (χ4n) is 0.677. The molecule has 1 unspecified atom stereocenters. The summed E-state index contributed by atoms with van der Waals surface area (Å²) in [5, 5.41) is 8.37. The van der Waals surface area contributed by atoms with Crippen LogP contribution >= 0.6 is 0 Å². The highest BCUT2D eigenvalue weighted by Crippen LogP contribution is 1.93. The molecule has 0 aromatic carbocycles. The van der Waals surface area contributed by atoms with Gasteiger partial charge >= 0.3 is 11.9 Å². The Morgan fingerprint density at radius 3 is 2.43 bits per heavy atom. The zero-order valence-corrected chi connectivity index (χ0v) is 7.86. The third kappa shape index (κ3) is 6.13. The van der Waals surface area contributed by atoms with E-state index >= 15 is 0 Å². The maximum Gasteiger partial charge on any atom is 0.320 e. The van der Waals surface area contributed by atoms with Crippen LogP contribution in [0.15, 0.2) is 0 Å². The van der Waals surface area contributed by atoms with E-state index in [1.54, 1.807) is 0 Å². The molecule has 0 aliphatic heterocycles. The molecule has 0 aromatic rings. The number of esters is 1. The summed E-state index contributed by atoms with van der Waals surface area (Å²) in [6, 6.07) is -1.04. The molecular weight excluding hydrogens is 190 g/mol. The number of hydrogen-bond donors (Lipinski definition) is 2. The SMILES string of the molecule is CC(=O)CC(=O)OCCC(N)C(=O)O. The second-order valence-corrected chi connectivity index (χ2v) is 2.83. The maximum absolute atomic E-state index is 10.8. The summed E-state index contributed by atoms with van der Waals surface area (Å²) < 4.78 is 4.57. The number of carboxylic acids is 1. The molecule has 1 atom stereocenters. The zero-order valence-electron chi connectivity index (χ0n) is 7.86. The summed E-state index contributed by atoms with van der Waals surface area (Å²) in [5.41, 5.74) is 5.15. The Hall–Kier alpha value is -1.43. The summed E-state index contributed by atoms with van der Waals surface area (Å²) in [6.45, 7) is 1.18. The molecule has 0 bridgehead atoms. The molecule has 6 nitrogen and oxygen atoms in total. The lowest BCUT2D eigenvalue weighted by atomic mass is 10.2. The van der Waals surface area contributed by atoms with Crippen LogP contribution in [-0.2, 0) is 19.1 Å². The van der Waals surface area contributed by atoms with Crippen molar-refractivity contribution in [1.29, 1.82) is 0 Å². The minimum absolute atomic E-state index is 0.0407. The first-order chi connectivity index (χ1) is 6.43. The van der Waals surface area contributed by atoms with Crippen LogP contribution in [0.25, 0.3) is 0 Å². The van der Waals surface area contributed by atoms with Gasteiger partial charge in [0.1, 0.15) is 18.2 Å². The van der Waals surface area contributed by atoms with Crippen molar-refractivity contribution in [3.8, 4) is 0 Å². The number of ether oxygens (including phenoxy) is 1. The average Bonchev–Trinajstić information content (AvgIpc) is 2.02. The van der Waals surface area contributed by atoms with Crippen molar-refractivity contribution in [3.63, 3.8) is 0 Å². The first-order valence-electron chi connectivity index (χ1n) is 4.07. The standard InChI is InChI=1S/C8H13NO5/c1-5(10)4-7(11)14-3-2-6(9)8(12)13/h6H,2-4,9H2,1H3,(H,12,13). The number of nitrogens with two attached hydrogens (primary N) is 1. The third-order valence-electron chi connectivity index (χ3n) is 1.40. The van der Waals surface area contributed by atoms with E-state index in [1.165, 1.54) is 6.92 Å². The Morgan fingerprint density at radius 2 is 2.00 bits per heavy atom. The largest absolute Gasteiger partial charge is 0.480 e. The molecule has 0 aromatic heterocycles. The molecule has 6 heteroatoms. The van der Waals surface area contributed by atoms with Crippen LogP contribution in [0.3, 0.4) is 0 Å². The molecule has 0 amide bonds. The number of carbonyl (C=O) groups excluding carboxylic acids is 2. The monoisotopic (exact) mass is 203 g/mol. The molecule has 80 valence electrons. The van der Waals surface area contributed by atoms with E-state index in [4.69, 9.17) is 10.8 Å². The van der Waals surface area contributed by atoms with Crippen LogP contribution < -0.4 is 5.73 Å². The molecule has 0 saturated heterocycles. The number of carboxylic acid groups (broad SMARTS) is 1. The summed E-state index contributed by atoms with van der Waals surface area (Å²) in [6.07, 6.45) is -0.249. The number of Topliss-reactive ketones (excluding diaryl/α,β-unsaturated/α-hetero) is 1. The predicted molar refractivity (Wildman–Crippen MR) is 46.5 cm³/mol. The number of aliphatic carboxylic acids is 1. The second-order valence-electron chi connectivity index (χ2n) is 2.83. The fourth-order valence-corrected chi connectivity index (χ4v) is 0.677. The Balaban J connectivity index is 3.59. The van der Waals surface area contributed by atoms with Crippen LogP contribution in [0.2, 0.25) is 0 Å². The number of hydrogen-bond acceptors (Lipinski definition) is 5. The van der Waals surface area contributed by atoms with Crippen LogP contribution in [0.1, 0.15) is 19.8 Å². The quantitative estimate of drug-likeness (QED) is 0.437. The van der Waals surface area contributed by atoms with Gasteiger partial charge in [-0.05, 0) is 6.92 Å². The maximum atomic E-state index is 10.8. The van der Waals surface area contributed by atoms with Gasteiger partial charge in [0.2, 0.25) is 0 Å². The molecule has 14 heavy (non-hydrogen) atoms. The molecule has 0 aliphatic rings. The van der Waals surface area contributed by atoms with Crippen molar-refractivity contribution >= 4 is 17.7 Å². The van der Waals surface area contributed by atoms with Crippen LogP contribution in [0.4, 0.5) is 0 Å². The lowest BCUT2D eigenvalue weighted by Crippen LogP contribution is -2.31. The second kappa shape index (κ2) is 6.09. The highest BCUT2D eigenvalue weighted by Gasteiger charge is 2.12. The number of carbonyl (C=O) groups is 3. The number of ketones is 1. The van der Waals surface area contributed by atoms with Gasteiger partial charge in [-0.25, -0.2) is 0 Å². The highest BCUT2D eigenvalue weighted by molar-refractivity contribution is 5.94. The molecule has 0 aliphatic carbocycles. The first kappa shape index (κ1) is 12.6. The van der Waals surface area contributed by atoms with Crippen molar-refractivity contribution in [3.05, 3.63) is 0 Å². The minimum Gasteiger partial charge on any atom is -0.480 e. The van der Waals surface area contributed by atoms with Crippen LogP contribution in [-0.4, -0.2) is 35.5 Å². The van der Waals surface area contributed by atoms with Gasteiger partial charge in [0.05, 0.1) is 6.61 Å². The van der Waals surface area contributed by atoms with Crippen molar-refractivity contribution in [1.82, 2.24) is 0 Å². The van der Waals surface area contributed by atoms with Gasteiger partial charge in [-0.3, -0.25) is 14.4 Å². The fraction of sp³-hybridized carbons (Fsp3) is 0.625. The average molecular weight is 203 g/mol. The molecule has 0 spiro atoms. The number of rotatable bonds is 6. The highest BCUT2D eigenvalue weighted by atomic mass is 16.5. The van der Waals surface area contributed by atoms with Gasteiger partial charge < -0.3 is 15.6 Å². The molecule has 0 rings (SSSR count). The van der Waals surface area contributed by atoms with E-state index in [0.717, 1.165) is 0 Å². The Bertz CT molecular complexity index is 238. The molecule has 0 heterocycles. The van der Waals surface area contributed by atoms with Crippen molar-refractivity contribution < 1.29 is 24.2 Å². The van der Waals surface area contributed by atoms with Crippen LogP contribution in [0.5, 0.6) is 0 Å². The van der Waals surface area contributed by atoms with Crippen molar-refractivity contribution in [2.24, 2.45) is 5.73 Å². The van der Waals surface area contributed by atoms with Gasteiger partial charge in [-0.1, -0.05) is 0 Å². The molecule has 0 radical (unpaired) electrons. The van der Waals surface area contributed by atoms with E-state index < -0.39 is 18.0 Å². The van der Waals surface area contributed by atoms with E-state index in [0.29, 0.717) is 0 Å². The molecular formula is C8H13NO5. The molecule has 0 fully saturated rings. The van der Waals surface area contributed by atoms with Gasteiger partial charge in [-0.15, -0.1) is 0 Å². The minimum atomic E-state index is -1.15. The molecule has 0 saturated carbocycles. The normalized spacial score (nSPS) is 11.9. The topological polar surface area (TPSA) is 107 Å². The summed E-state index contributed by atoms with van der Waals surface area (Å²) in [5.74, 6) is -2.10. The predicted octanol–water partition coefficient (Wildman–Crippen LogP) is -0.689. The zero-order chi connectivity index (χ0) is 11.1. The molecule has 3 N–H and O–H groups in total. The summed E-state index contributed by atoms with van der Waals surface area (Å²) in [4.78, 5) is 31.4. The smallest absolute Gasteiger partial charge is 0.320 e. The van der Waals surface area contributed by atoms with E-state index in [9.17, 15) is 14.4 Å². The van der Waals surface area contributed by atoms with Crippen molar-refractivity contribution in [2.75, 3.05) is 6.61 Å². The summed E-state index contributed by atoms with van der Waals surface area (Å²) in [7, 11) is 0. The van der Waals surface area contributed by atoms with Gasteiger partial charge in [0.25, 0.3) is 0 Å². The lowest BCUT2D eigenvalue weighted by Gasteiger charge is -2.06. The van der Waals surface area contributed by atoms with Crippen molar-refractivity contribution in [2.45, 2.75) is 25.8 Å². The van der Waals surface area contributed by atoms with Crippen LogP contribution in [0, 0.1) is 0 Å². The van der Waals surface area contributed by atoms with E-state index in [-0.39, 0.29) is 25.2 Å².